The van der Waals surface area contributed by atoms with Gasteiger partial charge in [0, 0.05) is 29.6 Å². The minimum absolute atomic E-state index is 0.211. The van der Waals surface area contributed by atoms with E-state index in [9.17, 15) is 9.59 Å². The lowest BCUT2D eigenvalue weighted by atomic mass is 10.1. The third-order valence-electron chi connectivity index (χ3n) is 4.36. The lowest BCUT2D eigenvalue weighted by Gasteiger charge is -2.15. The highest BCUT2D eigenvalue weighted by Crippen LogP contribution is 2.15. The van der Waals surface area contributed by atoms with Crippen LogP contribution in [-0.4, -0.2) is 20.5 Å². The fraction of sp³-hybridized carbons (Fsp3) is 0.278. The minimum Gasteiger partial charge on any atom is -0.350 e. The molecule has 0 aliphatic rings. The molecule has 3 aromatic rings. The Morgan fingerprint density at radius 2 is 1.96 bits per heavy atom. The van der Waals surface area contributed by atoms with Crippen LogP contribution in [0.2, 0.25) is 0 Å². The zero-order valence-electron chi connectivity index (χ0n) is 14.5. The van der Waals surface area contributed by atoms with Gasteiger partial charge in [-0.15, -0.1) is 0 Å². The second-order valence-electron chi connectivity index (χ2n) is 6.18. The van der Waals surface area contributed by atoms with Gasteiger partial charge in [0.2, 0.25) is 5.91 Å². The first-order valence-corrected chi connectivity index (χ1v) is 8.04. The van der Waals surface area contributed by atoms with Crippen LogP contribution in [0.15, 0.2) is 35.1 Å². The van der Waals surface area contributed by atoms with Crippen LogP contribution in [-0.2, 0) is 11.3 Å². The summed E-state index contributed by atoms with van der Waals surface area (Å²) < 4.78 is 1.62. The summed E-state index contributed by atoms with van der Waals surface area (Å²) in [6.45, 7) is 6.00. The summed E-state index contributed by atoms with van der Waals surface area (Å²) in [5, 5.41) is 5.55. The second-order valence-corrected chi connectivity index (χ2v) is 6.18. The summed E-state index contributed by atoms with van der Waals surface area (Å²) >= 11 is 0. The zero-order chi connectivity index (χ0) is 18.1. The average Bonchev–Trinajstić information content (AvgIpc) is 2.95. The Labute approximate surface area is 144 Å². The van der Waals surface area contributed by atoms with Crippen LogP contribution in [0.4, 0.5) is 0 Å². The second kappa shape index (κ2) is 6.52. The Hall–Kier alpha value is -2.93. The molecule has 130 valence electrons. The number of aromatic nitrogens is 3. The Bertz CT molecular complexity index is 985. The predicted octanol–water partition coefficient (Wildman–Crippen LogP) is 1.26. The van der Waals surface area contributed by atoms with Gasteiger partial charge in [-0.3, -0.25) is 14.7 Å². The molecule has 1 aromatic carbocycles. The number of hydrogen-bond acceptors (Lipinski definition) is 4. The molecule has 1 unspecified atom stereocenters. The Balaban J connectivity index is 1.79. The topological polar surface area (TPSA) is 105 Å². The van der Waals surface area contributed by atoms with E-state index in [1.807, 2.05) is 45.0 Å². The number of H-pyrrole nitrogens is 1. The van der Waals surface area contributed by atoms with E-state index in [2.05, 4.69) is 15.4 Å². The molecule has 0 spiro atoms. The van der Waals surface area contributed by atoms with Crippen molar-refractivity contribution in [2.24, 2.45) is 5.73 Å². The molecule has 1 atom stereocenters. The van der Waals surface area contributed by atoms with Gasteiger partial charge in [-0.25, -0.2) is 9.50 Å². The van der Waals surface area contributed by atoms with Crippen molar-refractivity contribution < 1.29 is 4.79 Å². The first-order chi connectivity index (χ1) is 11.9. The molecule has 7 nitrogen and oxygen atoms in total. The average molecular weight is 339 g/mol. The molecule has 0 radical (unpaired) electrons. The standard InChI is InChI=1S/C18H21N5O2/c1-10-4-6-13(7-5-10)17(19)18(25)20-9-14-11(2)21-15-8-16(24)22-23(15)12(14)3/h4-8,17H,9,19H2,1-3H3,(H,20,25)(H,22,24). The molecule has 2 aromatic heterocycles. The van der Waals surface area contributed by atoms with Crippen molar-refractivity contribution in [3.8, 4) is 0 Å². The summed E-state index contributed by atoms with van der Waals surface area (Å²) in [7, 11) is 0. The molecule has 2 heterocycles. The van der Waals surface area contributed by atoms with Gasteiger partial charge in [-0.1, -0.05) is 29.8 Å². The van der Waals surface area contributed by atoms with Crippen LogP contribution >= 0.6 is 0 Å². The van der Waals surface area contributed by atoms with Crippen LogP contribution in [0, 0.1) is 20.8 Å². The maximum absolute atomic E-state index is 12.4. The van der Waals surface area contributed by atoms with Crippen molar-refractivity contribution in [3.63, 3.8) is 0 Å². The summed E-state index contributed by atoms with van der Waals surface area (Å²) in [5.41, 5.74) is 10.7. The number of nitrogens with zero attached hydrogens (tertiary/aromatic N) is 2. The van der Waals surface area contributed by atoms with E-state index in [4.69, 9.17) is 5.73 Å². The van der Waals surface area contributed by atoms with Gasteiger partial charge in [-0.05, 0) is 26.3 Å². The molecule has 1 amide bonds. The molecule has 0 aliphatic heterocycles. The van der Waals surface area contributed by atoms with Crippen LogP contribution in [0.5, 0.6) is 0 Å². The first kappa shape index (κ1) is 16.9. The highest BCUT2D eigenvalue weighted by Gasteiger charge is 2.17. The number of benzene rings is 1. The van der Waals surface area contributed by atoms with Crippen LogP contribution in [0.3, 0.4) is 0 Å². The van der Waals surface area contributed by atoms with Gasteiger partial charge in [0.25, 0.3) is 5.56 Å². The van der Waals surface area contributed by atoms with Crippen LogP contribution in [0.1, 0.15) is 34.1 Å². The summed E-state index contributed by atoms with van der Waals surface area (Å²) in [6.07, 6.45) is 0. The van der Waals surface area contributed by atoms with E-state index in [0.29, 0.717) is 12.2 Å². The van der Waals surface area contributed by atoms with E-state index in [1.54, 1.807) is 4.52 Å². The van der Waals surface area contributed by atoms with Gasteiger partial charge >= 0.3 is 0 Å². The SMILES string of the molecule is Cc1ccc(C(N)C(=O)NCc2c(C)nc3cc(=O)[nH]n3c2C)cc1. The van der Waals surface area contributed by atoms with E-state index >= 15 is 0 Å². The van der Waals surface area contributed by atoms with Gasteiger partial charge in [0.05, 0.1) is 0 Å². The van der Waals surface area contributed by atoms with E-state index in [0.717, 1.165) is 28.1 Å². The molecule has 3 rings (SSSR count). The third-order valence-corrected chi connectivity index (χ3v) is 4.36. The van der Waals surface area contributed by atoms with Crippen molar-refractivity contribution in [2.45, 2.75) is 33.4 Å². The van der Waals surface area contributed by atoms with E-state index in [1.165, 1.54) is 6.07 Å². The highest BCUT2D eigenvalue weighted by atomic mass is 16.2. The van der Waals surface area contributed by atoms with Gasteiger partial charge in [0.1, 0.15) is 6.04 Å². The lowest BCUT2D eigenvalue weighted by Crippen LogP contribution is -2.34. The maximum atomic E-state index is 12.4. The number of nitrogens with one attached hydrogen (secondary N) is 2. The molecule has 0 bridgehead atoms. The number of hydrogen-bond donors (Lipinski definition) is 3. The number of carbonyl (C=O) groups excluding carboxylic acids is 1. The van der Waals surface area contributed by atoms with Crippen molar-refractivity contribution >= 4 is 11.6 Å². The monoisotopic (exact) mass is 339 g/mol. The lowest BCUT2D eigenvalue weighted by molar-refractivity contribution is -0.122. The third kappa shape index (κ3) is 3.32. The van der Waals surface area contributed by atoms with Crippen molar-refractivity contribution in [2.75, 3.05) is 0 Å². The largest absolute Gasteiger partial charge is 0.350 e. The van der Waals surface area contributed by atoms with Crippen molar-refractivity contribution in [1.82, 2.24) is 19.9 Å². The molecule has 0 fully saturated rings. The van der Waals surface area contributed by atoms with Gasteiger partial charge in [0.15, 0.2) is 5.65 Å². The molecule has 0 saturated heterocycles. The molecule has 0 saturated carbocycles. The molecule has 25 heavy (non-hydrogen) atoms. The van der Waals surface area contributed by atoms with Gasteiger partial charge < -0.3 is 11.1 Å². The number of amides is 1. The Morgan fingerprint density at radius 3 is 2.64 bits per heavy atom. The fourth-order valence-electron chi connectivity index (χ4n) is 2.82. The highest BCUT2D eigenvalue weighted by molar-refractivity contribution is 5.82. The predicted molar refractivity (Wildman–Crippen MR) is 95.2 cm³/mol. The maximum Gasteiger partial charge on any atom is 0.266 e. The molecule has 4 N–H and O–H groups in total. The normalized spacial score (nSPS) is 12.3. The number of aromatic amines is 1. The Morgan fingerprint density at radius 1 is 1.28 bits per heavy atom. The molecule has 7 heteroatoms. The first-order valence-electron chi connectivity index (χ1n) is 8.04. The van der Waals surface area contributed by atoms with Crippen LogP contribution in [0.25, 0.3) is 5.65 Å². The smallest absolute Gasteiger partial charge is 0.266 e. The molecular formula is C18H21N5O2. The number of fused-ring (bicyclic) bond motifs is 1. The zero-order valence-corrected chi connectivity index (χ0v) is 14.5. The van der Waals surface area contributed by atoms with E-state index < -0.39 is 6.04 Å². The minimum atomic E-state index is -0.732. The summed E-state index contributed by atoms with van der Waals surface area (Å²) in [5.74, 6) is -0.260. The molecular weight excluding hydrogens is 318 g/mol. The molecule has 0 aliphatic carbocycles. The van der Waals surface area contributed by atoms with Crippen molar-refractivity contribution in [1.29, 1.82) is 0 Å². The summed E-state index contributed by atoms with van der Waals surface area (Å²) in [4.78, 5) is 28.3. The summed E-state index contributed by atoms with van der Waals surface area (Å²) in [6, 6.07) is 8.27. The fourth-order valence-corrected chi connectivity index (χ4v) is 2.82. The number of nitrogens with two attached hydrogens (primary N) is 1. The quantitative estimate of drug-likeness (QED) is 0.665. The Kier molecular flexibility index (Phi) is 4.41. The number of rotatable bonds is 4. The van der Waals surface area contributed by atoms with Gasteiger partial charge in [-0.2, -0.15) is 0 Å². The van der Waals surface area contributed by atoms with Crippen molar-refractivity contribution in [3.05, 3.63) is 68.8 Å². The van der Waals surface area contributed by atoms with Crippen LogP contribution < -0.4 is 16.6 Å². The number of carbonyl (C=O) groups is 1. The van der Waals surface area contributed by atoms with E-state index in [-0.39, 0.29) is 11.5 Å². The number of aryl methyl sites for hydroxylation is 3.